The highest BCUT2D eigenvalue weighted by molar-refractivity contribution is 7.12. The van der Waals surface area contributed by atoms with Crippen molar-refractivity contribution in [3.05, 3.63) is 93.2 Å². The summed E-state index contributed by atoms with van der Waals surface area (Å²) in [5.74, 6) is -0.216. The van der Waals surface area contributed by atoms with E-state index < -0.39 is 0 Å². The smallest absolute Gasteiger partial charge is 0.203 e. The van der Waals surface area contributed by atoms with Gasteiger partial charge >= 0.3 is 0 Å². The Kier molecular flexibility index (Phi) is 3.98. The molecule has 0 saturated carbocycles. The predicted molar refractivity (Wildman–Crippen MR) is 88.8 cm³/mol. The van der Waals surface area contributed by atoms with E-state index >= 15 is 0 Å². The molecule has 0 aliphatic carbocycles. The molecule has 3 aromatic rings. The van der Waals surface area contributed by atoms with E-state index in [1.807, 2.05) is 37.3 Å². The lowest BCUT2D eigenvalue weighted by molar-refractivity contribution is 0.101. The summed E-state index contributed by atoms with van der Waals surface area (Å²) in [5, 5.41) is 1.79. The Labute approximate surface area is 133 Å². The van der Waals surface area contributed by atoms with Crippen LogP contribution in [-0.4, -0.2) is 11.6 Å². The molecule has 0 N–H and O–H groups in total. The van der Waals surface area contributed by atoms with Crippen LogP contribution in [0.4, 0.5) is 0 Å². The Balaban J connectivity index is 1.97. The molecule has 2 aromatic carbocycles. The number of benzene rings is 2. The Bertz CT molecular complexity index is 814. The predicted octanol–water partition coefficient (Wildman–Crippen LogP) is 4.52. The van der Waals surface area contributed by atoms with Gasteiger partial charge in [0, 0.05) is 16.7 Å². The first kappa shape index (κ1) is 14.4. The first-order valence-corrected chi connectivity index (χ1v) is 7.83. The Hall–Kier alpha value is -2.52. The fourth-order valence-electron chi connectivity index (χ4n) is 2.24. The molecule has 3 heteroatoms. The molecule has 22 heavy (non-hydrogen) atoms. The van der Waals surface area contributed by atoms with E-state index in [2.05, 4.69) is 0 Å². The Morgan fingerprint density at radius 3 is 2.09 bits per heavy atom. The molecular weight excluding hydrogens is 292 g/mol. The van der Waals surface area contributed by atoms with Gasteiger partial charge in [0.25, 0.3) is 0 Å². The number of ketones is 2. The van der Waals surface area contributed by atoms with Gasteiger partial charge in [0.15, 0.2) is 5.78 Å². The lowest BCUT2D eigenvalue weighted by Crippen LogP contribution is -2.08. The zero-order valence-corrected chi connectivity index (χ0v) is 12.9. The molecule has 0 aliphatic heterocycles. The second kappa shape index (κ2) is 6.08. The SMILES string of the molecule is Cc1ccc(C(=O)c2ccsc2C(=O)c2ccccc2)cc1. The van der Waals surface area contributed by atoms with Crippen LogP contribution in [0.15, 0.2) is 66.0 Å². The number of aryl methyl sites for hydroxylation is 1. The van der Waals surface area contributed by atoms with Gasteiger partial charge in [-0.1, -0.05) is 60.2 Å². The molecule has 0 spiro atoms. The monoisotopic (exact) mass is 306 g/mol. The molecule has 1 aromatic heterocycles. The second-order valence-electron chi connectivity index (χ2n) is 5.05. The summed E-state index contributed by atoms with van der Waals surface area (Å²) in [6.45, 7) is 1.98. The summed E-state index contributed by atoms with van der Waals surface area (Å²) in [7, 11) is 0. The van der Waals surface area contributed by atoms with Crippen molar-refractivity contribution in [3.63, 3.8) is 0 Å². The minimum atomic E-state index is -0.111. The van der Waals surface area contributed by atoms with Crippen LogP contribution in [0.5, 0.6) is 0 Å². The van der Waals surface area contributed by atoms with Crippen molar-refractivity contribution in [2.75, 3.05) is 0 Å². The van der Waals surface area contributed by atoms with Crippen LogP contribution in [0, 0.1) is 6.92 Å². The van der Waals surface area contributed by atoms with Crippen molar-refractivity contribution in [3.8, 4) is 0 Å². The average molecular weight is 306 g/mol. The standard InChI is InChI=1S/C19H14O2S/c1-13-7-9-15(10-8-13)17(20)16-11-12-22-19(16)18(21)14-5-3-2-4-6-14/h2-12H,1H3. The van der Waals surface area contributed by atoms with Crippen LogP contribution in [-0.2, 0) is 0 Å². The van der Waals surface area contributed by atoms with E-state index in [9.17, 15) is 9.59 Å². The van der Waals surface area contributed by atoms with Gasteiger partial charge in [-0.05, 0) is 18.4 Å². The fourth-order valence-corrected chi connectivity index (χ4v) is 3.10. The minimum Gasteiger partial charge on any atom is -0.289 e. The number of carbonyl (C=O) groups is 2. The lowest BCUT2D eigenvalue weighted by Gasteiger charge is -2.04. The van der Waals surface area contributed by atoms with E-state index in [0.717, 1.165) is 5.56 Å². The van der Waals surface area contributed by atoms with Gasteiger partial charge in [-0.25, -0.2) is 0 Å². The molecule has 0 atom stereocenters. The van der Waals surface area contributed by atoms with Crippen LogP contribution < -0.4 is 0 Å². The summed E-state index contributed by atoms with van der Waals surface area (Å²) >= 11 is 1.31. The first-order chi connectivity index (χ1) is 10.7. The van der Waals surface area contributed by atoms with E-state index in [-0.39, 0.29) is 11.6 Å². The van der Waals surface area contributed by atoms with Gasteiger partial charge in [-0.15, -0.1) is 11.3 Å². The fraction of sp³-hybridized carbons (Fsp3) is 0.0526. The molecule has 0 fully saturated rings. The zero-order valence-electron chi connectivity index (χ0n) is 12.1. The zero-order chi connectivity index (χ0) is 15.5. The molecule has 0 bridgehead atoms. The summed E-state index contributed by atoms with van der Waals surface area (Å²) in [5.41, 5.74) is 2.78. The third-order valence-electron chi connectivity index (χ3n) is 3.47. The van der Waals surface area contributed by atoms with Crippen LogP contribution in [0.3, 0.4) is 0 Å². The van der Waals surface area contributed by atoms with E-state index in [1.165, 1.54) is 11.3 Å². The molecule has 108 valence electrons. The maximum Gasteiger partial charge on any atom is 0.203 e. The maximum atomic E-state index is 12.6. The van der Waals surface area contributed by atoms with Crippen LogP contribution in [0.2, 0.25) is 0 Å². The number of hydrogen-bond acceptors (Lipinski definition) is 3. The number of hydrogen-bond donors (Lipinski definition) is 0. The minimum absolute atomic E-state index is 0.105. The molecule has 1 heterocycles. The maximum absolute atomic E-state index is 12.6. The molecule has 0 saturated heterocycles. The lowest BCUT2D eigenvalue weighted by atomic mass is 10.00. The largest absolute Gasteiger partial charge is 0.289 e. The quantitative estimate of drug-likeness (QED) is 0.664. The highest BCUT2D eigenvalue weighted by atomic mass is 32.1. The normalized spacial score (nSPS) is 10.4. The van der Waals surface area contributed by atoms with E-state index in [0.29, 0.717) is 21.6 Å². The summed E-state index contributed by atoms with van der Waals surface area (Å²) in [4.78, 5) is 25.7. The van der Waals surface area contributed by atoms with Gasteiger partial charge in [0.1, 0.15) is 0 Å². The Morgan fingerprint density at radius 2 is 1.41 bits per heavy atom. The van der Waals surface area contributed by atoms with Crippen LogP contribution >= 0.6 is 11.3 Å². The van der Waals surface area contributed by atoms with Crippen molar-refractivity contribution in [1.82, 2.24) is 0 Å². The van der Waals surface area contributed by atoms with Crippen molar-refractivity contribution in [2.45, 2.75) is 6.92 Å². The van der Waals surface area contributed by atoms with Crippen LogP contribution in [0.1, 0.15) is 36.7 Å². The van der Waals surface area contributed by atoms with E-state index in [4.69, 9.17) is 0 Å². The number of carbonyl (C=O) groups excluding carboxylic acids is 2. The Morgan fingerprint density at radius 1 is 0.773 bits per heavy atom. The topological polar surface area (TPSA) is 34.1 Å². The van der Waals surface area contributed by atoms with Crippen molar-refractivity contribution in [1.29, 1.82) is 0 Å². The molecule has 3 rings (SSSR count). The highest BCUT2D eigenvalue weighted by Crippen LogP contribution is 2.23. The highest BCUT2D eigenvalue weighted by Gasteiger charge is 2.20. The third-order valence-corrected chi connectivity index (χ3v) is 4.38. The molecular formula is C19H14O2S. The van der Waals surface area contributed by atoms with Gasteiger partial charge in [0.05, 0.1) is 4.88 Å². The van der Waals surface area contributed by atoms with Crippen molar-refractivity contribution < 1.29 is 9.59 Å². The molecule has 0 aliphatic rings. The molecule has 0 radical (unpaired) electrons. The number of rotatable bonds is 4. The van der Waals surface area contributed by atoms with Crippen molar-refractivity contribution in [2.24, 2.45) is 0 Å². The summed E-state index contributed by atoms with van der Waals surface area (Å²) in [6, 6.07) is 18.2. The summed E-state index contributed by atoms with van der Waals surface area (Å²) in [6.07, 6.45) is 0. The van der Waals surface area contributed by atoms with Crippen LogP contribution in [0.25, 0.3) is 0 Å². The molecule has 0 amide bonds. The first-order valence-electron chi connectivity index (χ1n) is 6.95. The summed E-state index contributed by atoms with van der Waals surface area (Å²) < 4.78 is 0. The van der Waals surface area contributed by atoms with Gasteiger partial charge in [-0.2, -0.15) is 0 Å². The van der Waals surface area contributed by atoms with Gasteiger partial charge < -0.3 is 0 Å². The van der Waals surface area contributed by atoms with Crippen molar-refractivity contribution >= 4 is 22.9 Å². The number of thiophene rings is 1. The second-order valence-corrected chi connectivity index (χ2v) is 5.97. The third kappa shape index (κ3) is 2.76. The van der Waals surface area contributed by atoms with Gasteiger partial charge in [-0.3, -0.25) is 9.59 Å². The van der Waals surface area contributed by atoms with E-state index in [1.54, 1.807) is 35.7 Å². The van der Waals surface area contributed by atoms with Gasteiger partial charge in [0.2, 0.25) is 5.78 Å². The average Bonchev–Trinajstić information content (AvgIpc) is 3.04. The molecule has 0 unspecified atom stereocenters. The molecule has 2 nitrogen and oxygen atoms in total.